The Morgan fingerprint density at radius 3 is 2.75 bits per heavy atom. The second-order valence-corrected chi connectivity index (χ2v) is 3.28. The number of benzene rings is 1. The molecule has 0 fully saturated rings. The van der Waals surface area contributed by atoms with Gasteiger partial charge in [-0.2, -0.15) is 18.3 Å². The van der Waals surface area contributed by atoms with E-state index in [1.54, 1.807) is 0 Å². The number of hydrogen-bond donors (Lipinski definition) is 0. The van der Waals surface area contributed by atoms with Crippen molar-refractivity contribution in [3.8, 4) is 0 Å². The van der Waals surface area contributed by atoms with Crippen LogP contribution in [0.2, 0.25) is 0 Å². The monoisotopic (exact) mass is 229 g/mol. The first-order valence-corrected chi connectivity index (χ1v) is 4.35. The molecule has 1 heterocycles. The summed E-state index contributed by atoms with van der Waals surface area (Å²) in [5.74, 6) is 0. The van der Waals surface area contributed by atoms with Gasteiger partial charge in [-0.05, 0) is 23.4 Å². The normalized spacial score (nSPS) is 11.9. The molecule has 0 radical (unpaired) electrons. The molecule has 0 N–H and O–H groups in total. The summed E-state index contributed by atoms with van der Waals surface area (Å²) in [6.45, 7) is -1.15. The highest BCUT2D eigenvalue weighted by atomic mass is 19.4. The van der Waals surface area contributed by atoms with E-state index < -0.39 is 12.7 Å². The molecule has 0 saturated carbocycles. The molecule has 0 bridgehead atoms. The van der Waals surface area contributed by atoms with Crippen LogP contribution in [-0.4, -0.2) is 16.0 Å². The minimum absolute atomic E-state index is 0.166. The van der Waals surface area contributed by atoms with E-state index in [-0.39, 0.29) is 5.69 Å². The first kappa shape index (κ1) is 10.6. The summed E-state index contributed by atoms with van der Waals surface area (Å²) >= 11 is 0. The smallest absolute Gasteiger partial charge is 0.262 e. The molecule has 0 aliphatic carbocycles. The summed E-state index contributed by atoms with van der Waals surface area (Å²) in [7, 11) is 0. The summed E-state index contributed by atoms with van der Waals surface area (Å²) < 4.78 is 37.0. The van der Waals surface area contributed by atoms with Crippen LogP contribution in [0.25, 0.3) is 10.9 Å². The number of rotatable bonds is 2. The highest BCUT2D eigenvalue weighted by Gasteiger charge is 2.28. The van der Waals surface area contributed by atoms with Gasteiger partial charge in [0, 0.05) is 11.6 Å². The van der Waals surface area contributed by atoms with E-state index in [2.05, 4.69) is 10.3 Å². The van der Waals surface area contributed by atoms with Gasteiger partial charge >= 0.3 is 6.18 Å². The van der Waals surface area contributed by atoms with Crippen molar-refractivity contribution in [2.24, 2.45) is 5.18 Å². The maximum Gasteiger partial charge on any atom is 0.408 e. The van der Waals surface area contributed by atoms with Crippen LogP contribution in [0.15, 0.2) is 29.6 Å². The molecule has 0 aliphatic heterocycles. The maximum absolute atomic E-state index is 12.1. The van der Waals surface area contributed by atoms with Crippen molar-refractivity contribution in [1.29, 1.82) is 0 Å². The van der Waals surface area contributed by atoms with Gasteiger partial charge in [-0.1, -0.05) is 0 Å². The van der Waals surface area contributed by atoms with Crippen LogP contribution in [0.5, 0.6) is 0 Å². The van der Waals surface area contributed by atoms with Gasteiger partial charge in [0.15, 0.2) is 0 Å². The lowest BCUT2D eigenvalue weighted by molar-refractivity contribution is -0.142. The number of nitroso groups, excluding NO2 is 1. The fourth-order valence-corrected chi connectivity index (χ4v) is 1.39. The largest absolute Gasteiger partial charge is 0.408 e. The Labute approximate surface area is 87.6 Å². The summed E-state index contributed by atoms with van der Waals surface area (Å²) in [6.07, 6.45) is -3.08. The number of fused-ring (bicyclic) bond motifs is 1. The minimum atomic E-state index is -4.31. The van der Waals surface area contributed by atoms with Crippen LogP contribution >= 0.6 is 0 Å². The number of hydrogen-bond acceptors (Lipinski definition) is 3. The summed E-state index contributed by atoms with van der Waals surface area (Å²) in [5, 5.41) is 6.88. The Bertz CT molecular complexity index is 532. The minimum Gasteiger partial charge on any atom is -0.262 e. The number of nitrogens with zero attached hydrogens (tertiary/aromatic N) is 3. The van der Waals surface area contributed by atoms with Gasteiger partial charge in [0.05, 0.1) is 5.52 Å². The molecule has 16 heavy (non-hydrogen) atoms. The zero-order valence-electron chi connectivity index (χ0n) is 7.90. The van der Waals surface area contributed by atoms with Crippen LogP contribution in [-0.2, 0) is 6.54 Å². The molecular formula is C9H6F3N3O. The van der Waals surface area contributed by atoms with Crippen LogP contribution in [0, 0.1) is 4.91 Å². The molecule has 2 rings (SSSR count). The number of alkyl halides is 3. The molecular weight excluding hydrogens is 223 g/mol. The van der Waals surface area contributed by atoms with E-state index in [4.69, 9.17) is 0 Å². The van der Waals surface area contributed by atoms with E-state index in [1.807, 2.05) is 0 Å². The maximum atomic E-state index is 12.1. The number of aromatic nitrogens is 2. The van der Waals surface area contributed by atoms with Crippen LogP contribution < -0.4 is 0 Å². The summed E-state index contributed by atoms with van der Waals surface area (Å²) in [6, 6.07) is 4.25. The molecule has 0 aliphatic rings. The van der Waals surface area contributed by atoms with Gasteiger partial charge in [0.25, 0.3) is 0 Å². The molecule has 2 aromatic rings. The fourth-order valence-electron chi connectivity index (χ4n) is 1.39. The second kappa shape index (κ2) is 3.58. The first-order chi connectivity index (χ1) is 7.48. The lowest BCUT2D eigenvalue weighted by Crippen LogP contribution is -2.17. The van der Waals surface area contributed by atoms with E-state index in [9.17, 15) is 18.1 Å². The van der Waals surface area contributed by atoms with Gasteiger partial charge in [0.1, 0.15) is 12.2 Å². The van der Waals surface area contributed by atoms with Crippen molar-refractivity contribution in [2.45, 2.75) is 12.7 Å². The van der Waals surface area contributed by atoms with Gasteiger partial charge in [-0.3, -0.25) is 4.68 Å². The molecule has 84 valence electrons. The lowest BCUT2D eigenvalue weighted by Gasteiger charge is -2.04. The SMILES string of the molecule is O=Nc1ccc2nn(CC(F)(F)F)cc2c1. The molecule has 0 unspecified atom stereocenters. The number of halogens is 3. The Morgan fingerprint density at radius 2 is 2.12 bits per heavy atom. The molecule has 0 spiro atoms. The second-order valence-electron chi connectivity index (χ2n) is 3.28. The zero-order valence-corrected chi connectivity index (χ0v) is 7.90. The highest BCUT2D eigenvalue weighted by Crippen LogP contribution is 2.22. The first-order valence-electron chi connectivity index (χ1n) is 4.35. The van der Waals surface area contributed by atoms with Gasteiger partial charge in [-0.15, -0.1) is 4.91 Å². The Morgan fingerprint density at radius 1 is 1.38 bits per heavy atom. The molecule has 1 aromatic heterocycles. The van der Waals surface area contributed by atoms with Crippen molar-refractivity contribution < 1.29 is 13.2 Å². The molecule has 0 atom stereocenters. The highest BCUT2D eigenvalue weighted by molar-refractivity contribution is 5.81. The predicted octanol–water partition coefficient (Wildman–Crippen LogP) is 3.00. The predicted molar refractivity (Wildman–Crippen MR) is 51.2 cm³/mol. The average molecular weight is 229 g/mol. The summed E-state index contributed by atoms with van der Waals surface area (Å²) in [5.41, 5.74) is 0.565. The molecule has 0 amide bonds. The van der Waals surface area contributed by atoms with Crippen molar-refractivity contribution in [2.75, 3.05) is 0 Å². The molecule has 0 saturated heterocycles. The van der Waals surface area contributed by atoms with Crippen LogP contribution in [0.3, 0.4) is 0 Å². The van der Waals surface area contributed by atoms with E-state index in [0.29, 0.717) is 10.9 Å². The van der Waals surface area contributed by atoms with E-state index in [1.165, 1.54) is 24.4 Å². The van der Waals surface area contributed by atoms with Crippen molar-refractivity contribution in [1.82, 2.24) is 9.78 Å². The van der Waals surface area contributed by atoms with Gasteiger partial charge < -0.3 is 0 Å². The summed E-state index contributed by atoms with van der Waals surface area (Å²) in [4.78, 5) is 10.2. The third-order valence-electron chi connectivity index (χ3n) is 1.98. The average Bonchev–Trinajstić information content (AvgIpc) is 2.55. The van der Waals surface area contributed by atoms with Crippen molar-refractivity contribution in [3.05, 3.63) is 29.3 Å². The van der Waals surface area contributed by atoms with Crippen LogP contribution in [0.1, 0.15) is 0 Å². The Hall–Kier alpha value is -1.92. The van der Waals surface area contributed by atoms with E-state index in [0.717, 1.165) is 4.68 Å². The topological polar surface area (TPSA) is 47.2 Å². The Balaban J connectivity index is 2.40. The third kappa shape index (κ3) is 2.18. The lowest BCUT2D eigenvalue weighted by atomic mass is 10.2. The van der Waals surface area contributed by atoms with Gasteiger partial charge in [0.2, 0.25) is 0 Å². The molecule has 4 nitrogen and oxygen atoms in total. The third-order valence-corrected chi connectivity index (χ3v) is 1.98. The van der Waals surface area contributed by atoms with Crippen molar-refractivity contribution >= 4 is 16.6 Å². The Kier molecular flexibility index (Phi) is 2.37. The standard InChI is InChI=1S/C9H6F3N3O/c10-9(11,12)5-15-4-6-3-7(14-16)1-2-8(6)13-15/h1-4H,5H2. The van der Waals surface area contributed by atoms with Crippen molar-refractivity contribution in [3.63, 3.8) is 0 Å². The molecule has 1 aromatic carbocycles. The molecule has 7 heteroatoms. The fraction of sp³-hybridized carbons (Fsp3) is 0.222. The van der Waals surface area contributed by atoms with Crippen LogP contribution in [0.4, 0.5) is 18.9 Å². The zero-order chi connectivity index (χ0) is 11.8. The quantitative estimate of drug-likeness (QED) is 0.743. The van der Waals surface area contributed by atoms with Gasteiger partial charge in [-0.25, -0.2) is 0 Å². The van der Waals surface area contributed by atoms with E-state index >= 15 is 0 Å².